The van der Waals surface area contributed by atoms with Crippen LogP contribution in [0.1, 0.15) is 17.0 Å². The molecule has 1 atom stereocenters. The Kier molecular flexibility index (Phi) is 6.45. The molecule has 1 heterocycles. The van der Waals surface area contributed by atoms with E-state index in [9.17, 15) is 9.90 Å². The second-order valence-electron chi connectivity index (χ2n) is 6.37. The topological polar surface area (TPSA) is 81.8 Å². The first-order valence-corrected chi connectivity index (χ1v) is 9.06. The molecule has 0 amide bonds. The van der Waals surface area contributed by atoms with Crippen molar-refractivity contribution in [3.05, 3.63) is 71.6 Å². The first-order chi connectivity index (χ1) is 13.6. The molecule has 0 saturated carbocycles. The predicted molar refractivity (Wildman–Crippen MR) is 104 cm³/mol. The van der Waals surface area contributed by atoms with Crippen LogP contribution < -0.4 is 4.74 Å². The van der Waals surface area contributed by atoms with Crippen molar-refractivity contribution in [1.82, 2.24) is 4.98 Å². The number of oxazole rings is 1. The van der Waals surface area contributed by atoms with E-state index in [2.05, 4.69) is 9.72 Å². The van der Waals surface area contributed by atoms with E-state index < -0.39 is 12.1 Å². The average Bonchev–Trinajstić information content (AvgIpc) is 3.10. The van der Waals surface area contributed by atoms with E-state index in [0.29, 0.717) is 24.7 Å². The summed E-state index contributed by atoms with van der Waals surface area (Å²) in [6.07, 6.45) is -0.330. The van der Waals surface area contributed by atoms with Crippen molar-refractivity contribution in [2.75, 3.05) is 13.7 Å². The van der Waals surface area contributed by atoms with Gasteiger partial charge in [0.25, 0.3) is 0 Å². The van der Waals surface area contributed by atoms with E-state index in [0.717, 1.165) is 22.6 Å². The SMILES string of the molecule is COC(=O)C(O)Cc1ccc(OCCc2nc(-c3ccccc3)oc2C)cc1. The molecule has 0 aliphatic carbocycles. The van der Waals surface area contributed by atoms with E-state index in [1.807, 2.05) is 61.5 Å². The van der Waals surface area contributed by atoms with Gasteiger partial charge < -0.3 is 19.0 Å². The van der Waals surface area contributed by atoms with Crippen LogP contribution in [-0.2, 0) is 22.4 Å². The maximum atomic E-state index is 11.3. The highest BCUT2D eigenvalue weighted by atomic mass is 16.5. The number of methoxy groups -OCH3 is 1. The van der Waals surface area contributed by atoms with Crippen molar-refractivity contribution in [3.63, 3.8) is 0 Å². The van der Waals surface area contributed by atoms with Crippen LogP contribution in [0, 0.1) is 6.92 Å². The molecular weight excluding hydrogens is 358 g/mol. The minimum Gasteiger partial charge on any atom is -0.493 e. The molecule has 1 unspecified atom stereocenters. The highest BCUT2D eigenvalue weighted by Crippen LogP contribution is 2.22. The second kappa shape index (κ2) is 9.19. The number of hydrogen-bond acceptors (Lipinski definition) is 6. The third kappa shape index (κ3) is 4.98. The number of ether oxygens (including phenoxy) is 2. The lowest BCUT2D eigenvalue weighted by Crippen LogP contribution is -2.24. The third-order valence-electron chi connectivity index (χ3n) is 4.35. The Morgan fingerprint density at radius 3 is 2.54 bits per heavy atom. The molecule has 3 aromatic rings. The molecule has 0 aliphatic heterocycles. The van der Waals surface area contributed by atoms with E-state index in [-0.39, 0.29) is 6.42 Å². The summed E-state index contributed by atoms with van der Waals surface area (Å²) in [4.78, 5) is 15.8. The van der Waals surface area contributed by atoms with Crippen molar-refractivity contribution in [2.45, 2.75) is 25.9 Å². The predicted octanol–water partition coefficient (Wildman–Crippen LogP) is 3.35. The number of rotatable bonds is 8. The quantitative estimate of drug-likeness (QED) is 0.603. The molecule has 0 aliphatic rings. The van der Waals surface area contributed by atoms with E-state index in [1.165, 1.54) is 7.11 Å². The molecule has 0 spiro atoms. The summed E-state index contributed by atoms with van der Waals surface area (Å²) in [6.45, 7) is 2.36. The van der Waals surface area contributed by atoms with Crippen LogP contribution in [0.15, 0.2) is 59.0 Å². The molecule has 2 aromatic carbocycles. The van der Waals surface area contributed by atoms with Gasteiger partial charge in [-0.3, -0.25) is 0 Å². The summed E-state index contributed by atoms with van der Waals surface area (Å²) in [6, 6.07) is 17.0. The molecule has 146 valence electrons. The van der Waals surface area contributed by atoms with Gasteiger partial charge in [0.15, 0.2) is 6.10 Å². The fourth-order valence-electron chi connectivity index (χ4n) is 2.79. The van der Waals surface area contributed by atoms with Crippen LogP contribution in [-0.4, -0.2) is 35.9 Å². The molecule has 1 N–H and O–H groups in total. The standard InChI is InChI=1S/C22H23NO5/c1-15-19(23-21(28-15)17-6-4-3-5-7-17)12-13-27-18-10-8-16(9-11-18)14-20(24)22(25)26-2/h3-11,20,24H,12-14H2,1-2H3. The van der Waals surface area contributed by atoms with Crippen molar-refractivity contribution < 1.29 is 23.8 Å². The molecule has 0 fully saturated rings. The van der Waals surface area contributed by atoms with Crippen LogP contribution in [0.2, 0.25) is 0 Å². The van der Waals surface area contributed by atoms with Crippen LogP contribution in [0.4, 0.5) is 0 Å². The Hall–Kier alpha value is -3.12. The molecule has 28 heavy (non-hydrogen) atoms. The molecule has 1 aromatic heterocycles. The minimum absolute atomic E-state index is 0.202. The van der Waals surface area contributed by atoms with Crippen LogP contribution >= 0.6 is 0 Å². The molecule has 0 saturated heterocycles. The largest absolute Gasteiger partial charge is 0.493 e. The zero-order chi connectivity index (χ0) is 19.9. The van der Waals surface area contributed by atoms with Gasteiger partial charge in [0.05, 0.1) is 19.4 Å². The minimum atomic E-state index is -1.16. The summed E-state index contributed by atoms with van der Waals surface area (Å²) >= 11 is 0. The van der Waals surface area contributed by atoms with E-state index in [1.54, 1.807) is 0 Å². The third-order valence-corrected chi connectivity index (χ3v) is 4.35. The van der Waals surface area contributed by atoms with Crippen LogP contribution in [0.5, 0.6) is 5.75 Å². The fraction of sp³-hybridized carbons (Fsp3) is 0.273. The molecule has 0 radical (unpaired) electrons. The average molecular weight is 381 g/mol. The Morgan fingerprint density at radius 2 is 1.86 bits per heavy atom. The Balaban J connectivity index is 1.53. The fourth-order valence-corrected chi connectivity index (χ4v) is 2.79. The number of hydrogen-bond donors (Lipinski definition) is 1. The Bertz CT molecular complexity index is 902. The summed E-state index contributed by atoms with van der Waals surface area (Å²) in [5.41, 5.74) is 2.64. The van der Waals surface area contributed by atoms with Crippen LogP contribution in [0.25, 0.3) is 11.5 Å². The van der Waals surface area contributed by atoms with Crippen molar-refractivity contribution in [2.24, 2.45) is 0 Å². The number of aromatic nitrogens is 1. The first-order valence-electron chi connectivity index (χ1n) is 9.06. The van der Waals surface area contributed by atoms with E-state index >= 15 is 0 Å². The molecular formula is C22H23NO5. The maximum absolute atomic E-state index is 11.3. The van der Waals surface area contributed by atoms with Crippen LogP contribution in [0.3, 0.4) is 0 Å². The number of carbonyl (C=O) groups excluding carboxylic acids is 1. The maximum Gasteiger partial charge on any atom is 0.335 e. The smallest absolute Gasteiger partial charge is 0.335 e. The number of aryl methyl sites for hydroxylation is 1. The number of aliphatic hydroxyl groups is 1. The summed E-state index contributed by atoms with van der Waals surface area (Å²) in [7, 11) is 1.25. The molecule has 6 heteroatoms. The number of esters is 1. The normalized spacial score (nSPS) is 11.8. The molecule has 0 bridgehead atoms. The molecule has 6 nitrogen and oxygen atoms in total. The zero-order valence-corrected chi connectivity index (χ0v) is 15.9. The second-order valence-corrected chi connectivity index (χ2v) is 6.37. The first kappa shape index (κ1) is 19.6. The van der Waals surface area contributed by atoms with Crippen molar-refractivity contribution in [3.8, 4) is 17.2 Å². The van der Waals surface area contributed by atoms with Gasteiger partial charge in [-0.25, -0.2) is 9.78 Å². The van der Waals surface area contributed by atoms with Gasteiger partial charge in [0, 0.05) is 18.4 Å². The van der Waals surface area contributed by atoms with E-state index in [4.69, 9.17) is 9.15 Å². The summed E-state index contributed by atoms with van der Waals surface area (Å²) in [5, 5.41) is 9.70. The summed E-state index contributed by atoms with van der Waals surface area (Å²) < 4.78 is 16.0. The van der Waals surface area contributed by atoms with Gasteiger partial charge in [-0.05, 0) is 36.8 Å². The lowest BCUT2D eigenvalue weighted by atomic mass is 10.1. The van der Waals surface area contributed by atoms with Crippen molar-refractivity contribution >= 4 is 5.97 Å². The lowest BCUT2D eigenvalue weighted by Gasteiger charge is -2.09. The van der Waals surface area contributed by atoms with Gasteiger partial charge in [0.2, 0.25) is 5.89 Å². The lowest BCUT2D eigenvalue weighted by molar-refractivity contribution is -0.150. The zero-order valence-electron chi connectivity index (χ0n) is 15.9. The van der Waals surface area contributed by atoms with Gasteiger partial charge in [-0.1, -0.05) is 30.3 Å². The molecule has 3 rings (SSSR count). The van der Waals surface area contributed by atoms with Gasteiger partial charge >= 0.3 is 5.97 Å². The number of carbonyl (C=O) groups is 1. The number of benzene rings is 2. The van der Waals surface area contributed by atoms with Crippen molar-refractivity contribution in [1.29, 1.82) is 0 Å². The van der Waals surface area contributed by atoms with Gasteiger partial charge in [-0.2, -0.15) is 0 Å². The van der Waals surface area contributed by atoms with Gasteiger partial charge in [0.1, 0.15) is 11.5 Å². The Labute approximate surface area is 163 Å². The number of nitrogens with zero attached hydrogens (tertiary/aromatic N) is 1. The monoisotopic (exact) mass is 381 g/mol. The van der Waals surface area contributed by atoms with Gasteiger partial charge in [-0.15, -0.1) is 0 Å². The number of aliphatic hydroxyl groups excluding tert-OH is 1. The Morgan fingerprint density at radius 1 is 1.14 bits per heavy atom. The summed E-state index contributed by atoms with van der Waals surface area (Å²) in [5.74, 6) is 1.47. The highest BCUT2D eigenvalue weighted by Gasteiger charge is 2.16. The highest BCUT2D eigenvalue weighted by molar-refractivity contribution is 5.74.